The van der Waals surface area contributed by atoms with Gasteiger partial charge in [-0.05, 0) is 60.0 Å². The van der Waals surface area contributed by atoms with E-state index in [1.54, 1.807) is 48.5 Å². The fourth-order valence-corrected chi connectivity index (χ4v) is 4.70. The Hall–Kier alpha value is -3.54. The average molecular weight is 491 g/mol. The monoisotopic (exact) mass is 490 g/mol. The number of benzene rings is 3. The van der Waals surface area contributed by atoms with Gasteiger partial charge in [0.05, 0.1) is 11.6 Å². The van der Waals surface area contributed by atoms with Gasteiger partial charge in [0.1, 0.15) is 5.76 Å². The maximum atomic E-state index is 13.2. The third kappa shape index (κ3) is 3.98. The van der Waals surface area contributed by atoms with E-state index in [0.717, 1.165) is 16.5 Å². The van der Waals surface area contributed by atoms with Gasteiger partial charge in [-0.15, -0.1) is 0 Å². The maximum absolute atomic E-state index is 13.2. The molecule has 2 heterocycles. The second-order valence-electron chi connectivity index (χ2n) is 8.16. The van der Waals surface area contributed by atoms with Crippen molar-refractivity contribution in [2.24, 2.45) is 0 Å². The number of aliphatic hydroxyl groups is 1. The molecule has 2 N–H and O–H groups in total. The van der Waals surface area contributed by atoms with Gasteiger partial charge < -0.3 is 15.0 Å². The first-order valence-corrected chi connectivity index (χ1v) is 11.5. The first-order valence-electron chi connectivity index (χ1n) is 10.8. The predicted molar refractivity (Wildman–Crippen MR) is 134 cm³/mol. The van der Waals surface area contributed by atoms with Crippen LogP contribution in [0.25, 0.3) is 16.7 Å². The number of para-hydroxylation sites is 1. The molecule has 1 atom stereocenters. The van der Waals surface area contributed by atoms with Crippen LogP contribution in [0.4, 0.5) is 0 Å². The van der Waals surface area contributed by atoms with E-state index in [1.165, 1.54) is 4.90 Å². The number of aromatic amines is 1. The van der Waals surface area contributed by atoms with Crippen LogP contribution in [0.5, 0.6) is 0 Å². The summed E-state index contributed by atoms with van der Waals surface area (Å²) in [6.45, 7) is 0.303. The average Bonchev–Trinajstić information content (AvgIpc) is 3.37. The number of carbonyl (C=O) groups is 2. The van der Waals surface area contributed by atoms with Gasteiger partial charge in [0.15, 0.2) is 0 Å². The number of fused-ring (bicyclic) bond motifs is 1. The van der Waals surface area contributed by atoms with Crippen molar-refractivity contribution in [1.82, 2.24) is 9.88 Å². The normalized spacial score (nSPS) is 17.6. The smallest absolute Gasteiger partial charge is 0.295 e. The highest BCUT2D eigenvalue weighted by atomic mass is 35.5. The summed E-state index contributed by atoms with van der Waals surface area (Å²) in [4.78, 5) is 31.1. The number of hydrogen-bond acceptors (Lipinski definition) is 3. The summed E-state index contributed by atoms with van der Waals surface area (Å²) >= 11 is 12.1. The number of carbonyl (C=O) groups excluding carboxylic acids is 2. The van der Waals surface area contributed by atoms with Gasteiger partial charge in [-0.3, -0.25) is 9.59 Å². The van der Waals surface area contributed by atoms with E-state index >= 15 is 0 Å². The quantitative estimate of drug-likeness (QED) is 0.200. The van der Waals surface area contributed by atoms with Crippen molar-refractivity contribution in [2.45, 2.75) is 12.5 Å². The summed E-state index contributed by atoms with van der Waals surface area (Å²) in [6, 6.07) is 20.6. The fourth-order valence-electron chi connectivity index (χ4n) is 4.44. The molecule has 1 fully saturated rings. The van der Waals surface area contributed by atoms with Gasteiger partial charge in [0, 0.05) is 39.3 Å². The van der Waals surface area contributed by atoms with Crippen LogP contribution in [0.15, 0.2) is 84.6 Å². The highest BCUT2D eigenvalue weighted by Gasteiger charge is 2.45. The zero-order valence-corrected chi connectivity index (χ0v) is 19.5. The van der Waals surface area contributed by atoms with Gasteiger partial charge in [-0.25, -0.2) is 0 Å². The number of nitrogens with zero attached hydrogens (tertiary/aromatic N) is 1. The Labute approximate surface area is 206 Å². The number of aromatic nitrogens is 1. The van der Waals surface area contributed by atoms with Crippen LogP contribution in [0.2, 0.25) is 10.0 Å². The number of amides is 1. The molecule has 5 nitrogen and oxygen atoms in total. The number of Topliss-reactive ketones (excluding diaryl/α,β-unsaturated/α-hetero) is 1. The number of halogens is 2. The van der Waals surface area contributed by atoms with Crippen LogP contribution in [-0.2, 0) is 16.0 Å². The van der Waals surface area contributed by atoms with Crippen LogP contribution >= 0.6 is 23.2 Å². The lowest BCUT2D eigenvalue weighted by atomic mass is 9.95. The molecule has 1 amide bonds. The van der Waals surface area contributed by atoms with Crippen LogP contribution in [0, 0.1) is 0 Å². The Bertz CT molecular complexity index is 1420. The first kappa shape index (κ1) is 22.3. The van der Waals surface area contributed by atoms with Gasteiger partial charge in [-0.1, -0.05) is 53.5 Å². The molecule has 5 rings (SSSR count). The molecule has 7 heteroatoms. The SMILES string of the molecule is O=C1C(=O)N(CCc2c[nH]c3ccccc23)C(c2ccc(Cl)cc2)C1=C(O)c1ccc(Cl)cc1. The van der Waals surface area contributed by atoms with Crippen molar-refractivity contribution in [3.8, 4) is 0 Å². The van der Waals surface area contributed by atoms with Crippen molar-refractivity contribution in [2.75, 3.05) is 6.54 Å². The molecule has 0 saturated carbocycles. The predicted octanol–water partition coefficient (Wildman–Crippen LogP) is 6.14. The fraction of sp³-hybridized carbons (Fsp3) is 0.111. The summed E-state index contributed by atoms with van der Waals surface area (Å²) in [5, 5.41) is 13.2. The van der Waals surface area contributed by atoms with Crippen LogP contribution in [0.1, 0.15) is 22.7 Å². The van der Waals surface area contributed by atoms with E-state index in [-0.39, 0.29) is 11.3 Å². The summed E-state index contributed by atoms with van der Waals surface area (Å²) in [6.07, 6.45) is 2.47. The Balaban J connectivity index is 1.56. The summed E-state index contributed by atoms with van der Waals surface area (Å²) < 4.78 is 0. The van der Waals surface area contributed by atoms with Crippen molar-refractivity contribution in [1.29, 1.82) is 0 Å². The van der Waals surface area contributed by atoms with E-state index in [1.807, 2.05) is 30.5 Å². The van der Waals surface area contributed by atoms with Gasteiger partial charge >= 0.3 is 0 Å². The number of ketones is 1. The second kappa shape index (κ2) is 9.01. The van der Waals surface area contributed by atoms with Crippen LogP contribution < -0.4 is 0 Å². The van der Waals surface area contributed by atoms with Crippen LogP contribution in [-0.4, -0.2) is 33.2 Å². The molecule has 0 radical (unpaired) electrons. The molecule has 1 aliphatic heterocycles. The number of H-pyrrole nitrogens is 1. The topological polar surface area (TPSA) is 73.4 Å². The lowest BCUT2D eigenvalue weighted by molar-refractivity contribution is -0.139. The highest BCUT2D eigenvalue weighted by Crippen LogP contribution is 2.40. The Kier molecular flexibility index (Phi) is 5.90. The lowest BCUT2D eigenvalue weighted by Gasteiger charge is -2.25. The van der Waals surface area contributed by atoms with E-state index < -0.39 is 17.7 Å². The molecule has 3 aromatic carbocycles. The number of rotatable bonds is 5. The van der Waals surface area contributed by atoms with E-state index in [4.69, 9.17) is 23.2 Å². The molecule has 1 unspecified atom stereocenters. The molecular formula is C27H20Cl2N2O3. The maximum Gasteiger partial charge on any atom is 0.295 e. The standard InChI is InChI=1S/C27H20Cl2N2O3/c28-19-9-5-16(6-10-19)24-23(25(32)17-7-11-20(29)12-8-17)26(33)27(34)31(24)14-13-18-15-30-22-4-2-1-3-21(18)22/h1-12,15,24,30,32H,13-14H2. The van der Waals surface area contributed by atoms with Gasteiger partial charge in [-0.2, -0.15) is 0 Å². The largest absolute Gasteiger partial charge is 0.507 e. The minimum atomic E-state index is -0.738. The second-order valence-corrected chi connectivity index (χ2v) is 9.03. The summed E-state index contributed by atoms with van der Waals surface area (Å²) in [5.74, 6) is -1.59. The van der Waals surface area contributed by atoms with Crippen molar-refractivity contribution < 1.29 is 14.7 Å². The Morgan fingerprint density at radius 1 is 0.912 bits per heavy atom. The number of nitrogens with one attached hydrogen (secondary N) is 1. The van der Waals surface area contributed by atoms with Crippen molar-refractivity contribution in [3.63, 3.8) is 0 Å². The minimum absolute atomic E-state index is 0.0496. The van der Waals surface area contributed by atoms with E-state index in [0.29, 0.717) is 34.1 Å². The molecule has 1 saturated heterocycles. The third-order valence-electron chi connectivity index (χ3n) is 6.14. The van der Waals surface area contributed by atoms with Gasteiger partial charge in [0.2, 0.25) is 0 Å². The lowest BCUT2D eigenvalue weighted by Crippen LogP contribution is -2.31. The molecule has 1 aliphatic rings. The number of likely N-dealkylation sites (tertiary alicyclic amines) is 1. The first-order chi connectivity index (χ1) is 16.4. The summed E-state index contributed by atoms with van der Waals surface area (Å²) in [7, 11) is 0. The summed E-state index contributed by atoms with van der Waals surface area (Å²) in [5.41, 5.74) is 3.21. The van der Waals surface area contributed by atoms with Crippen molar-refractivity contribution >= 4 is 51.6 Å². The molecule has 4 aromatic rings. The molecule has 170 valence electrons. The van der Waals surface area contributed by atoms with Crippen LogP contribution in [0.3, 0.4) is 0 Å². The zero-order valence-electron chi connectivity index (χ0n) is 18.0. The molecule has 0 spiro atoms. The molecule has 0 aliphatic carbocycles. The molecule has 1 aromatic heterocycles. The molecule has 0 bridgehead atoms. The Morgan fingerprint density at radius 3 is 2.26 bits per heavy atom. The van der Waals surface area contributed by atoms with E-state index in [2.05, 4.69) is 4.98 Å². The molecular weight excluding hydrogens is 471 g/mol. The Morgan fingerprint density at radius 2 is 1.56 bits per heavy atom. The third-order valence-corrected chi connectivity index (χ3v) is 6.64. The minimum Gasteiger partial charge on any atom is -0.507 e. The highest BCUT2D eigenvalue weighted by molar-refractivity contribution is 6.46. The van der Waals surface area contributed by atoms with E-state index in [9.17, 15) is 14.7 Å². The number of aliphatic hydroxyl groups excluding tert-OH is 1. The zero-order chi connectivity index (χ0) is 23.8. The van der Waals surface area contributed by atoms with Crippen molar-refractivity contribution in [3.05, 3.63) is 111 Å². The number of hydrogen-bond donors (Lipinski definition) is 2. The van der Waals surface area contributed by atoms with Gasteiger partial charge in [0.25, 0.3) is 11.7 Å². The molecule has 34 heavy (non-hydrogen) atoms.